The second-order valence-corrected chi connectivity index (χ2v) is 8.35. The molecule has 0 saturated carbocycles. The lowest BCUT2D eigenvalue weighted by atomic mass is 9.72. The number of carbonyl (C=O) groups excluding carboxylic acids is 1. The van der Waals surface area contributed by atoms with Crippen LogP contribution in [-0.2, 0) is 4.79 Å². The highest BCUT2D eigenvalue weighted by Gasteiger charge is 2.45. The summed E-state index contributed by atoms with van der Waals surface area (Å²) in [4.78, 5) is 17.4. The lowest BCUT2D eigenvalue weighted by molar-refractivity contribution is -0.117. The van der Waals surface area contributed by atoms with Crippen LogP contribution < -0.4 is 5.73 Å². The lowest BCUT2D eigenvalue weighted by Gasteiger charge is -2.30. The maximum Gasteiger partial charge on any atom is 0.292 e. The van der Waals surface area contributed by atoms with Crippen LogP contribution in [0.15, 0.2) is 34.3 Å². The first-order chi connectivity index (χ1) is 11.8. The number of benzene rings is 1. The molecule has 2 N–H and O–H groups in total. The van der Waals surface area contributed by atoms with E-state index in [1.54, 1.807) is 0 Å². The van der Waals surface area contributed by atoms with Gasteiger partial charge in [-0.05, 0) is 28.9 Å². The quantitative estimate of drug-likeness (QED) is 0.865. The molecule has 4 nitrogen and oxygen atoms in total. The van der Waals surface area contributed by atoms with Crippen LogP contribution in [0.1, 0.15) is 75.0 Å². The molecular weight excluding hydrogens is 312 g/mol. The van der Waals surface area contributed by atoms with E-state index in [0.717, 1.165) is 28.8 Å². The van der Waals surface area contributed by atoms with E-state index in [-0.39, 0.29) is 23.1 Å². The molecule has 4 heteroatoms. The van der Waals surface area contributed by atoms with Gasteiger partial charge in [0.05, 0.1) is 5.92 Å². The van der Waals surface area contributed by atoms with Crippen LogP contribution in [0.2, 0.25) is 0 Å². The summed E-state index contributed by atoms with van der Waals surface area (Å²) in [5.74, 6) is 1.24. The maximum absolute atomic E-state index is 12.9. The number of nitrogen functional groups attached to an aromatic ring is 1. The fourth-order valence-corrected chi connectivity index (χ4v) is 4.17. The van der Waals surface area contributed by atoms with Crippen LogP contribution in [0, 0.1) is 5.41 Å². The predicted molar refractivity (Wildman–Crippen MR) is 98.2 cm³/mol. The summed E-state index contributed by atoms with van der Waals surface area (Å²) >= 11 is 0. The van der Waals surface area contributed by atoms with Crippen molar-refractivity contribution in [3.63, 3.8) is 0 Å². The summed E-state index contributed by atoms with van der Waals surface area (Å²) in [6, 6.07) is 8.67. The summed E-state index contributed by atoms with van der Waals surface area (Å²) in [7, 11) is 0. The van der Waals surface area contributed by atoms with E-state index in [1.165, 1.54) is 5.56 Å². The number of aromatic nitrogens is 1. The van der Waals surface area contributed by atoms with E-state index in [9.17, 15) is 4.79 Å². The second-order valence-electron chi connectivity index (χ2n) is 8.35. The second kappa shape index (κ2) is 5.32. The highest BCUT2D eigenvalue weighted by atomic mass is 16.4. The third kappa shape index (κ3) is 2.51. The fourth-order valence-electron chi connectivity index (χ4n) is 4.17. The number of nitrogens with zero attached hydrogens (tertiary/aromatic N) is 1. The van der Waals surface area contributed by atoms with Gasteiger partial charge in [0.15, 0.2) is 11.5 Å². The molecule has 1 atom stereocenters. The van der Waals surface area contributed by atoms with Gasteiger partial charge in [0, 0.05) is 17.6 Å². The molecule has 0 aliphatic heterocycles. The zero-order chi connectivity index (χ0) is 17.9. The number of allylic oxidation sites excluding steroid dienone is 2. The average Bonchev–Trinajstić information content (AvgIpc) is 3.02. The molecule has 0 spiro atoms. The van der Waals surface area contributed by atoms with Crippen molar-refractivity contribution in [3.8, 4) is 0 Å². The number of rotatable bonds is 2. The Morgan fingerprint density at radius 3 is 2.52 bits per heavy atom. The maximum atomic E-state index is 12.9. The zero-order valence-electron chi connectivity index (χ0n) is 15.2. The summed E-state index contributed by atoms with van der Waals surface area (Å²) in [6.07, 6.45) is 1.38. The molecule has 1 heterocycles. The Labute approximate surface area is 148 Å². The summed E-state index contributed by atoms with van der Waals surface area (Å²) in [5, 5.41) is 0. The Morgan fingerprint density at radius 1 is 1.20 bits per heavy atom. The first kappa shape index (κ1) is 16.1. The van der Waals surface area contributed by atoms with Crippen molar-refractivity contribution in [2.24, 2.45) is 5.41 Å². The smallest absolute Gasteiger partial charge is 0.292 e. The number of hydrogen-bond acceptors (Lipinski definition) is 4. The van der Waals surface area contributed by atoms with Gasteiger partial charge in [-0.25, -0.2) is 0 Å². The predicted octanol–water partition coefficient (Wildman–Crippen LogP) is 4.67. The Morgan fingerprint density at radius 2 is 1.88 bits per heavy atom. The van der Waals surface area contributed by atoms with Crippen molar-refractivity contribution in [2.45, 2.75) is 52.4 Å². The molecule has 0 bridgehead atoms. The monoisotopic (exact) mass is 336 g/mol. The Balaban J connectivity index is 1.86. The number of hydrogen-bond donors (Lipinski definition) is 1. The summed E-state index contributed by atoms with van der Waals surface area (Å²) < 4.78 is 5.71. The Bertz CT molecular complexity index is 885. The SMILES string of the molecule is CC(C)c1ccc(C2C3=C(CC(C)(C)CC3=O)c3oc(N)nc32)cc1. The highest BCUT2D eigenvalue weighted by molar-refractivity contribution is 6.08. The Kier molecular flexibility index (Phi) is 3.43. The van der Waals surface area contributed by atoms with Crippen LogP contribution in [0.5, 0.6) is 0 Å². The fraction of sp³-hybridized carbons (Fsp3) is 0.429. The van der Waals surface area contributed by atoms with E-state index in [1.807, 2.05) is 0 Å². The normalized spacial score (nSPS) is 21.6. The molecule has 130 valence electrons. The first-order valence-electron chi connectivity index (χ1n) is 8.89. The van der Waals surface area contributed by atoms with Crippen molar-refractivity contribution in [1.29, 1.82) is 0 Å². The minimum atomic E-state index is -0.157. The summed E-state index contributed by atoms with van der Waals surface area (Å²) in [6.45, 7) is 8.60. The number of anilines is 1. The molecule has 0 saturated heterocycles. The van der Waals surface area contributed by atoms with E-state index >= 15 is 0 Å². The van der Waals surface area contributed by atoms with Crippen molar-refractivity contribution in [1.82, 2.24) is 4.98 Å². The molecule has 0 amide bonds. The number of oxazole rings is 1. The first-order valence-corrected chi connectivity index (χ1v) is 8.89. The Hall–Kier alpha value is -2.36. The number of carbonyl (C=O) groups is 1. The van der Waals surface area contributed by atoms with E-state index in [2.05, 4.69) is 56.9 Å². The number of Topliss-reactive ketones (excluding diaryl/α,β-unsaturated/α-hetero) is 1. The van der Waals surface area contributed by atoms with Crippen LogP contribution in [0.4, 0.5) is 6.01 Å². The van der Waals surface area contributed by atoms with E-state index in [4.69, 9.17) is 10.2 Å². The van der Waals surface area contributed by atoms with Gasteiger partial charge in [0.1, 0.15) is 5.69 Å². The number of ketones is 1. The molecule has 1 aromatic carbocycles. The molecule has 2 aliphatic carbocycles. The minimum Gasteiger partial charge on any atom is -0.424 e. The topological polar surface area (TPSA) is 69.1 Å². The van der Waals surface area contributed by atoms with Gasteiger partial charge in [-0.1, -0.05) is 52.0 Å². The van der Waals surface area contributed by atoms with E-state index < -0.39 is 0 Å². The van der Waals surface area contributed by atoms with Gasteiger partial charge in [-0.15, -0.1) is 0 Å². The third-order valence-corrected chi connectivity index (χ3v) is 5.36. The molecule has 2 aliphatic rings. The van der Waals surface area contributed by atoms with Crippen molar-refractivity contribution in [3.05, 3.63) is 52.4 Å². The molecule has 2 aromatic rings. The third-order valence-electron chi connectivity index (χ3n) is 5.36. The van der Waals surface area contributed by atoms with Crippen LogP contribution in [-0.4, -0.2) is 10.8 Å². The molecule has 4 rings (SSSR count). The molecule has 0 fully saturated rings. The van der Waals surface area contributed by atoms with Crippen LogP contribution in [0.3, 0.4) is 0 Å². The number of nitrogens with two attached hydrogens (primary N) is 1. The number of fused-ring (bicyclic) bond motifs is 2. The molecule has 1 aromatic heterocycles. The molecule has 1 unspecified atom stereocenters. The van der Waals surface area contributed by atoms with Crippen molar-refractivity contribution >= 4 is 17.4 Å². The average molecular weight is 336 g/mol. The molecule has 25 heavy (non-hydrogen) atoms. The van der Waals surface area contributed by atoms with E-state index in [0.29, 0.717) is 18.1 Å². The van der Waals surface area contributed by atoms with Crippen molar-refractivity contribution < 1.29 is 9.21 Å². The van der Waals surface area contributed by atoms with Gasteiger partial charge in [-0.2, -0.15) is 4.98 Å². The highest BCUT2D eigenvalue weighted by Crippen LogP contribution is 2.54. The molecular formula is C21H24N2O2. The zero-order valence-corrected chi connectivity index (χ0v) is 15.2. The standard InChI is InChI=1S/C21H24N2O2/c1-11(2)12-5-7-13(8-6-12)16-17-14(9-21(3,4)10-15(17)24)19-18(16)23-20(22)25-19/h5-8,11,16H,9-10H2,1-4H3,(H2,22,23). The minimum absolute atomic E-state index is 0.0644. The largest absolute Gasteiger partial charge is 0.424 e. The van der Waals surface area contributed by atoms with Crippen LogP contribution >= 0.6 is 0 Å². The summed E-state index contributed by atoms with van der Waals surface area (Å²) in [5.41, 5.74) is 10.8. The van der Waals surface area contributed by atoms with Crippen LogP contribution in [0.25, 0.3) is 5.57 Å². The van der Waals surface area contributed by atoms with Gasteiger partial charge in [-0.3, -0.25) is 4.79 Å². The van der Waals surface area contributed by atoms with Gasteiger partial charge >= 0.3 is 0 Å². The van der Waals surface area contributed by atoms with Gasteiger partial charge in [0.2, 0.25) is 0 Å². The molecule has 0 radical (unpaired) electrons. The van der Waals surface area contributed by atoms with Gasteiger partial charge in [0.25, 0.3) is 6.01 Å². The lowest BCUT2D eigenvalue weighted by Crippen LogP contribution is -2.25. The van der Waals surface area contributed by atoms with Gasteiger partial charge < -0.3 is 10.2 Å². The van der Waals surface area contributed by atoms with Crippen molar-refractivity contribution in [2.75, 3.05) is 5.73 Å².